The molecule has 0 aliphatic heterocycles. The maximum Gasteiger partial charge on any atom is 0.119 e. The van der Waals surface area contributed by atoms with E-state index in [0.29, 0.717) is 90.5 Å². The van der Waals surface area contributed by atoms with Crippen LogP contribution in [0, 0.1) is 0 Å². The molecule has 0 aliphatic carbocycles. The van der Waals surface area contributed by atoms with Crippen LogP contribution in [0.5, 0.6) is 17.2 Å². The molecule has 0 saturated carbocycles. The largest absolute Gasteiger partial charge is 0.491 e. The minimum Gasteiger partial charge on any atom is -0.491 e. The predicted molar refractivity (Wildman–Crippen MR) is 373 cm³/mol. The Labute approximate surface area is 522 Å². The van der Waals surface area contributed by atoms with Gasteiger partial charge in [-0.15, -0.1) is 0 Å². The Morgan fingerprint density at radius 1 is 0.238 bits per heavy atom. The summed E-state index contributed by atoms with van der Waals surface area (Å²) in [6.07, 6.45) is 6.69. The summed E-state index contributed by atoms with van der Waals surface area (Å²) < 4.78 is 56.4. The van der Waals surface area contributed by atoms with Crippen LogP contribution in [0.25, 0.3) is 22.3 Å². The van der Waals surface area contributed by atoms with Crippen LogP contribution < -0.4 is 14.2 Å². The van der Waals surface area contributed by atoms with Gasteiger partial charge in [0.05, 0.1) is 89.0 Å². The van der Waals surface area contributed by atoms with Crippen LogP contribution in [0.4, 0.5) is 0 Å². The fourth-order valence-corrected chi connectivity index (χ4v) is 6.79. The van der Waals surface area contributed by atoms with Crippen molar-refractivity contribution < 1.29 is 47.4 Å². The normalized spacial score (nSPS) is 11.4. The number of hydrogen-bond acceptors (Lipinski definition) is 10. The molecular weight excluding hydrogens is 1050 g/mol. The standard InChI is InChI=1S/C25H36O4.C18H22O2.C12H18O2.C9H20O2.10CH4/c1-5-24(28-18-16-26-20(3)4)25(6-2)29-19-17-27-23-14-12-22(13-15-23)21-10-8-7-9-11-21;1-3-15(2)19-13-14-20-18-11-9-17(10-12-18)16-7-5-4-6-8-16;1-3-11(2)13-9-10-14-12-7-5-4-6-8-12;1-5-9(4)11-7-6-10-8(2)3;;;;;;;;;;/h7-15,20,24-25H,5-6,16-19H2,1-4H3;4-12,15H,3,13-14H2,1-2H3;4-8,11H,3,9-10H2,1-2H3;8-9H,5-7H2,1-4H3;10*1H4. The van der Waals surface area contributed by atoms with Gasteiger partial charge in [0, 0.05) is 0 Å². The highest BCUT2D eigenvalue weighted by Gasteiger charge is 2.20. The van der Waals surface area contributed by atoms with Gasteiger partial charge < -0.3 is 47.4 Å². The first-order valence-electron chi connectivity index (χ1n) is 27.5. The first kappa shape index (κ1) is 98.3. The smallest absolute Gasteiger partial charge is 0.119 e. The zero-order valence-electron chi connectivity index (χ0n) is 47.5. The molecule has 0 heterocycles. The third kappa shape index (κ3) is 48.5. The van der Waals surface area contributed by atoms with Crippen molar-refractivity contribution in [2.75, 3.05) is 66.1 Å². The second kappa shape index (κ2) is 64.2. The molecule has 0 aromatic heterocycles. The van der Waals surface area contributed by atoms with Crippen molar-refractivity contribution in [1.29, 1.82) is 0 Å². The van der Waals surface area contributed by atoms with Gasteiger partial charge in [0.2, 0.25) is 0 Å². The lowest BCUT2D eigenvalue weighted by Crippen LogP contribution is -2.33. The van der Waals surface area contributed by atoms with Crippen molar-refractivity contribution in [3.05, 3.63) is 140 Å². The van der Waals surface area contributed by atoms with Gasteiger partial charge in [-0.05, 0) is 139 Å². The van der Waals surface area contributed by atoms with E-state index in [2.05, 4.69) is 104 Å². The average Bonchev–Trinajstić information content (AvgIpc) is 3.43. The van der Waals surface area contributed by atoms with Crippen LogP contribution in [0.15, 0.2) is 140 Å². The number of ether oxygens (including phenoxy) is 10. The Morgan fingerprint density at radius 2 is 0.464 bits per heavy atom. The van der Waals surface area contributed by atoms with E-state index in [1.54, 1.807) is 0 Å². The summed E-state index contributed by atoms with van der Waals surface area (Å²) >= 11 is 0. The van der Waals surface area contributed by atoms with E-state index in [1.807, 2.05) is 119 Å². The van der Waals surface area contributed by atoms with Gasteiger partial charge in [0.1, 0.15) is 37.1 Å². The molecule has 10 heteroatoms. The monoisotopic (exact) mass is 1190 g/mol. The molecule has 5 unspecified atom stereocenters. The Morgan fingerprint density at radius 3 is 0.738 bits per heavy atom. The fourth-order valence-electron chi connectivity index (χ4n) is 6.79. The second-order valence-electron chi connectivity index (χ2n) is 18.4. The van der Waals surface area contributed by atoms with E-state index < -0.39 is 0 Å². The number of benzene rings is 5. The SMILES string of the molecule is C.C.C.C.C.C.C.C.C.C.CCC(C)OCCOC(C)C.CCC(C)OCCOc1ccc(-c2ccccc2)cc1.CCC(C)OCCOc1ccccc1.CCC(OCCOc1ccc(-c2ccccc2)cc1)C(CC)OCCOC(C)C. The number of para-hydroxylation sites is 1. The summed E-state index contributed by atoms with van der Waals surface area (Å²) in [4.78, 5) is 0. The zero-order valence-corrected chi connectivity index (χ0v) is 47.5. The van der Waals surface area contributed by atoms with E-state index in [9.17, 15) is 0 Å². The predicted octanol–water partition coefficient (Wildman–Crippen LogP) is 21.8. The van der Waals surface area contributed by atoms with E-state index in [1.165, 1.54) is 22.3 Å². The Kier molecular flexibility index (Phi) is 75.2. The van der Waals surface area contributed by atoms with Gasteiger partial charge in [-0.1, -0.05) is 212 Å². The molecule has 0 radical (unpaired) electrons. The molecule has 5 rings (SSSR count). The lowest BCUT2D eigenvalue weighted by Gasteiger charge is -2.26. The van der Waals surface area contributed by atoms with Crippen molar-refractivity contribution in [1.82, 2.24) is 0 Å². The van der Waals surface area contributed by atoms with Crippen LogP contribution >= 0.6 is 0 Å². The summed E-state index contributed by atoms with van der Waals surface area (Å²) in [5, 5.41) is 0. The molecule has 10 nitrogen and oxygen atoms in total. The second-order valence-corrected chi connectivity index (χ2v) is 18.4. The summed E-state index contributed by atoms with van der Waals surface area (Å²) in [7, 11) is 0. The van der Waals surface area contributed by atoms with Crippen LogP contribution in [0.3, 0.4) is 0 Å². The van der Waals surface area contributed by atoms with Crippen LogP contribution in [0.2, 0.25) is 0 Å². The molecule has 5 aromatic carbocycles. The van der Waals surface area contributed by atoms with Crippen molar-refractivity contribution in [2.45, 2.75) is 232 Å². The first-order valence-corrected chi connectivity index (χ1v) is 27.5. The topological polar surface area (TPSA) is 92.3 Å². The van der Waals surface area contributed by atoms with Gasteiger partial charge in [-0.25, -0.2) is 0 Å². The Hall–Kier alpha value is -4.78. The highest BCUT2D eigenvalue weighted by molar-refractivity contribution is 5.64. The number of rotatable bonds is 33. The van der Waals surface area contributed by atoms with Gasteiger partial charge in [0.25, 0.3) is 0 Å². The molecule has 0 saturated heterocycles. The van der Waals surface area contributed by atoms with Crippen molar-refractivity contribution in [3.63, 3.8) is 0 Å². The van der Waals surface area contributed by atoms with Crippen molar-refractivity contribution >= 4 is 0 Å². The van der Waals surface area contributed by atoms with Gasteiger partial charge in [-0.3, -0.25) is 0 Å². The third-order valence-electron chi connectivity index (χ3n) is 11.6. The summed E-state index contributed by atoms with van der Waals surface area (Å²) in [5.41, 5.74) is 4.81. The van der Waals surface area contributed by atoms with Gasteiger partial charge in [-0.2, -0.15) is 0 Å². The maximum atomic E-state index is 6.05. The highest BCUT2D eigenvalue weighted by atomic mass is 16.6. The molecule has 5 aromatic rings. The summed E-state index contributed by atoms with van der Waals surface area (Å²) in [5.74, 6) is 2.65. The Bertz CT molecular complexity index is 1980. The van der Waals surface area contributed by atoms with Gasteiger partial charge in [0.15, 0.2) is 0 Å². The van der Waals surface area contributed by atoms with Crippen molar-refractivity contribution in [3.8, 4) is 39.5 Å². The molecule has 5 atom stereocenters. The minimum atomic E-state index is 0. The van der Waals surface area contributed by atoms with E-state index in [0.717, 1.165) is 49.4 Å². The zero-order chi connectivity index (χ0) is 54.0. The van der Waals surface area contributed by atoms with Gasteiger partial charge >= 0.3 is 0 Å². The molecular formula is C74H136O10. The summed E-state index contributed by atoms with van der Waals surface area (Å²) in [6.45, 7) is 31.2. The van der Waals surface area contributed by atoms with E-state index >= 15 is 0 Å². The maximum absolute atomic E-state index is 6.05. The lowest BCUT2D eigenvalue weighted by molar-refractivity contribution is -0.0937. The average molecular weight is 1190 g/mol. The molecule has 492 valence electrons. The molecule has 0 fully saturated rings. The van der Waals surface area contributed by atoms with Crippen LogP contribution in [0.1, 0.15) is 189 Å². The van der Waals surface area contributed by atoms with E-state index in [4.69, 9.17) is 47.4 Å². The highest BCUT2D eigenvalue weighted by Crippen LogP contribution is 2.23. The third-order valence-corrected chi connectivity index (χ3v) is 11.6. The first-order chi connectivity index (χ1) is 35.9. The molecule has 0 N–H and O–H groups in total. The van der Waals surface area contributed by atoms with Crippen LogP contribution in [-0.4, -0.2) is 109 Å². The Balaban J connectivity index is -0.000000130. The molecule has 0 amide bonds. The number of hydrogen-bond donors (Lipinski definition) is 0. The van der Waals surface area contributed by atoms with Crippen LogP contribution in [-0.2, 0) is 33.2 Å². The quantitative estimate of drug-likeness (QED) is 0.0378. The van der Waals surface area contributed by atoms with Crippen molar-refractivity contribution in [2.24, 2.45) is 0 Å². The molecule has 0 aliphatic rings. The lowest BCUT2D eigenvalue weighted by atomic mass is 10.1. The molecule has 0 bridgehead atoms. The van der Waals surface area contributed by atoms with E-state index in [-0.39, 0.29) is 92.6 Å². The molecule has 84 heavy (non-hydrogen) atoms. The fraction of sp³-hybridized carbons (Fsp3) is 0.595. The molecule has 0 spiro atoms. The summed E-state index contributed by atoms with van der Waals surface area (Å²) in [6, 6.07) is 46.8. The minimum absolute atomic E-state index is 0.